The molecule has 390 valence electrons. The average molecular weight is 1030 g/mol. The lowest BCUT2D eigenvalue weighted by atomic mass is 9.75. The Morgan fingerprint density at radius 1 is 1.06 bits per heavy atom. The third-order valence-corrected chi connectivity index (χ3v) is 17.6. The van der Waals surface area contributed by atoms with Crippen molar-refractivity contribution in [2.75, 3.05) is 57.3 Å². The van der Waals surface area contributed by atoms with Gasteiger partial charge in [-0.2, -0.15) is 28.2 Å². The van der Waals surface area contributed by atoms with E-state index in [1.165, 1.54) is 28.7 Å². The number of aliphatic hydroxyl groups excluding tert-OH is 1. The minimum atomic E-state index is -4.74. The van der Waals surface area contributed by atoms with Crippen LogP contribution in [-0.2, 0) is 4.79 Å². The van der Waals surface area contributed by atoms with Gasteiger partial charge in [0.05, 0.1) is 44.8 Å². The second-order valence-corrected chi connectivity index (χ2v) is 23.9. The molecule has 8 heterocycles. The molecule has 15 nitrogen and oxygen atoms in total. The van der Waals surface area contributed by atoms with Gasteiger partial charge in [-0.15, -0.1) is 11.3 Å². The maximum atomic E-state index is 16.4. The minimum absolute atomic E-state index is 0.00224. The van der Waals surface area contributed by atoms with Crippen molar-refractivity contribution in [1.29, 1.82) is 0 Å². The molecule has 3 aliphatic carbocycles. The number of amides is 1. The van der Waals surface area contributed by atoms with E-state index in [0.717, 1.165) is 38.2 Å². The smallest absolute Gasteiger partial charge is 0.395 e. The summed E-state index contributed by atoms with van der Waals surface area (Å²) in [4.78, 5) is 34.3. The van der Waals surface area contributed by atoms with Gasteiger partial charge in [-0.25, -0.2) is 19.0 Å². The molecule has 0 aromatic carbocycles. The summed E-state index contributed by atoms with van der Waals surface area (Å²) in [7, 11) is 0. The number of nitrogens with zero attached hydrogens (tertiary/aromatic N) is 8. The van der Waals surface area contributed by atoms with Crippen LogP contribution in [0.15, 0.2) is 30.4 Å². The van der Waals surface area contributed by atoms with E-state index in [-0.39, 0.29) is 79.6 Å². The molecule has 7 aliphatic rings. The number of hydrogen-bond donors (Lipinski definition) is 5. The van der Waals surface area contributed by atoms with Crippen LogP contribution in [0.4, 0.5) is 32.2 Å². The second-order valence-electron chi connectivity index (χ2n) is 22.9. The summed E-state index contributed by atoms with van der Waals surface area (Å²) in [5, 5.41) is 23.7. The van der Waals surface area contributed by atoms with Crippen LogP contribution < -0.4 is 37.1 Å². The Balaban J connectivity index is 0.813. The predicted octanol–water partition coefficient (Wildman–Crippen LogP) is 5.07. The van der Waals surface area contributed by atoms with E-state index in [0.29, 0.717) is 88.5 Å². The summed E-state index contributed by atoms with van der Waals surface area (Å²) in [5.41, 5.74) is 3.36. The Kier molecular flexibility index (Phi) is 12.3. The summed E-state index contributed by atoms with van der Waals surface area (Å²) < 4.78 is 99.0. The first-order valence-corrected chi connectivity index (χ1v) is 26.2. The van der Waals surface area contributed by atoms with Crippen LogP contribution in [0.3, 0.4) is 0 Å². The van der Waals surface area contributed by atoms with Gasteiger partial charge in [0.25, 0.3) is 5.92 Å². The molecule has 11 rings (SSSR count). The van der Waals surface area contributed by atoms with Gasteiger partial charge in [-0.1, -0.05) is 20.8 Å². The number of alkyl halides is 6. The Labute approximate surface area is 417 Å². The van der Waals surface area contributed by atoms with E-state index in [9.17, 15) is 23.1 Å². The van der Waals surface area contributed by atoms with Crippen LogP contribution in [0.5, 0.6) is 6.01 Å². The fourth-order valence-electron chi connectivity index (χ4n) is 12.4. The van der Waals surface area contributed by atoms with Gasteiger partial charge in [-0.3, -0.25) is 14.9 Å². The fraction of sp³-hybridized carbons (Fsp3) is 0.660. The molecule has 2 saturated carbocycles. The molecule has 72 heavy (non-hydrogen) atoms. The number of carbonyl (C=O) groups is 1. The highest BCUT2D eigenvalue weighted by molar-refractivity contribution is 7.25. The lowest BCUT2D eigenvalue weighted by Crippen LogP contribution is -2.55. The van der Waals surface area contributed by atoms with E-state index < -0.39 is 52.6 Å². The Bertz CT molecular complexity index is 2880. The number of rotatable bonds is 14. The largest absolute Gasteiger partial charge is 0.462 e. The molecule has 0 spiro atoms. The highest BCUT2D eigenvalue weighted by Crippen LogP contribution is 2.61. The van der Waals surface area contributed by atoms with Crippen LogP contribution in [0.2, 0.25) is 0 Å². The van der Waals surface area contributed by atoms with Gasteiger partial charge < -0.3 is 40.6 Å². The number of carbonyl (C=O) groups excluding carboxylic acids is 1. The van der Waals surface area contributed by atoms with Crippen LogP contribution >= 0.6 is 11.3 Å². The standard InChI is InChI=1S/C50H64F6N12O3S/c1-46(2,3)41(44(70)66-17-11-31(69)23-66)68(58)20-28(57)5-4-27-9-15-65(16-10-27)25-47(24-49(47,52)53)26-71-45-62-42(67-21-29-6-7-30(22-67)61-29)37-32-8-14-59-39(40(32)72-43(37)63-45)36-33-19-60-64-35(33)18-34(50(54,55)56)38(36)48(51)12-13-48/h8,14,18-20,27,29-31,34,38,41,61,64,69H,4-7,9-13,15-17,21-26,57-58H2,1-3H3/b28-20-/t29?,30?,31?,34?,38?,41?,47-/m1/s1. The van der Waals surface area contributed by atoms with Crippen LogP contribution in [0, 0.1) is 28.6 Å². The molecule has 7 N–H and O–H groups in total. The number of aliphatic hydroxyl groups is 1. The number of nitrogens with one attached hydrogen (secondary N) is 2. The molecule has 6 unspecified atom stereocenters. The number of thiophene rings is 1. The van der Waals surface area contributed by atoms with Crippen molar-refractivity contribution in [2.24, 2.45) is 40.2 Å². The number of aromatic nitrogens is 5. The summed E-state index contributed by atoms with van der Waals surface area (Å²) in [6, 6.07) is 1.45. The van der Waals surface area contributed by atoms with Gasteiger partial charge in [0, 0.05) is 85.8 Å². The number of fused-ring (bicyclic) bond motifs is 6. The number of anilines is 1. The van der Waals surface area contributed by atoms with E-state index in [2.05, 4.69) is 30.3 Å². The molecule has 1 amide bonds. The third-order valence-electron chi connectivity index (χ3n) is 16.5. The van der Waals surface area contributed by atoms with Crippen molar-refractivity contribution in [3.8, 4) is 6.01 Å². The molecule has 4 aliphatic heterocycles. The lowest BCUT2D eigenvalue weighted by molar-refractivity contribution is -0.170. The number of hydrazine groups is 1. The quantitative estimate of drug-likeness (QED) is 0.0640. The number of pyridine rings is 1. The maximum Gasteiger partial charge on any atom is 0.395 e. The first-order valence-electron chi connectivity index (χ1n) is 25.4. The number of β-amino-alcohol motifs (C(OH)–C–C–N with tert-alkyl or cyclic N) is 1. The SMILES string of the molecule is CC(C)(C)C(C(=O)N1CCC(O)C1)N(N)/C=C(\N)CCC1CCN(C[C@@]2(COc3nc(N4CC5CCC(C4)N5)c4c(n3)sc3c(C5=c6cn[nH]c6=CC(C(F)(F)F)C5C5(F)CC5)nccc34)CC2(F)F)CC1. The van der Waals surface area contributed by atoms with Crippen molar-refractivity contribution in [3.05, 3.63) is 46.6 Å². The number of H-pyrrole nitrogens is 1. The summed E-state index contributed by atoms with van der Waals surface area (Å²) in [6.45, 7) is 8.89. The van der Waals surface area contributed by atoms with Crippen molar-refractivity contribution < 1.29 is 41.0 Å². The average Bonchev–Trinajstić information content (AvgIpc) is 3.72. The molecule has 6 fully saturated rings. The van der Waals surface area contributed by atoms with Gasteiger partial charge in [-0.05, 0) is 99.9 Å². The second kappa shape index (κ2) is 18.0. The van der Waals surface area contributed by atoms with E-state index in [1.54, 1.807) is 17.2 Å². The number of halogens is 6. The van der Waals surface area contributed by atoms with Gasteiger partial charge in [0.1, 0.15) is 29.0 Å². The summed E-state index contributed by atoms with van der Waals surface area (Å²) in [5.74, 6) is 0.574. The zero-order valence-electron chi connectivity index (χ0n) is 40.8. The summed E-state index contributed by atoms with van der Waals surface area (Å²) >= 11 is 1.20. The van der Waals surface area contributed by atoms with Gasteiger partial charge >= 0.3 is 12.2 Å². The first-order chi connectivity index (χ1) is 34.1. The number of likely N-dealkylation sites (tertiary alicyclic amines) is 2. The Morgan fingerprint density at radius 3 is 2.42 bits per heavy atom. The molecule has 22 heteroatoms. The van der Waals surface area contributed by atoms with Gasteiger partial charge in [0.2, 0.25) is 5.91 Å². The number of piperazine rings is 1. The maximum absolute atomic E-state index is 16.4. The molecule has 4 aromatic heterocycles. The highest BCUT2D eigenvalue weighted by Gasteiger charge is 2.72. The predicted molar refractivity (Wildman–Crippen MR) is 260 cm³/mol. The van der Waals surface area contributed by atoms with Crippen molar-refractivity contribution in [3.63, 3.8) is 0 Å². The molecular weight excluding hydrogens is 963 g/mol. The van der Waals surface area contributed by atoms with E-state index >= 15 is 13.2 Å². The van der Waals surface area contributed by atoms with Crippen LogP contribution in [0.1, 0.15) is 90.7 Å². The molecule has 7 atom stereocenters. The highest BCUT2D eigenvalue weighted by atomic mass is 32.1. The van der Waals surface area contributed by atoms with Gasteiger partial charge in [0.15, 0.2) is 0 Å². The zero-order valence-corrected chi connectivity index (χ0v) is 41.6. The fourth-order valence-corrected chi connectivity index (χ4v) is 13.6. The Morgan fingerprint density at radius 2 is 1.78 bits per heavy atom. The summed E-state index contributed by atoms with van der Waals surface area (Å²) in [6.07, 6.45) is 5.43. The number of ether oxygens (including phenoxy) is 1. The number of allylic oxidation sites excluding steroid dienone is 1. The van der Waals surface area contributed by atoms with Crippen LogP contribution in [-0.4, -0.2) is 145 Å². The first kappa shape index (κ1) is 49.4. The van der Waals surface area contributed by atoms with E-state index in [1.807, 2.05) is 20.8 Å². The van der Waals surface area contributed by atoms with Crippen molar-refractivity contribution >= 4 is 55.0 Å². The zero-order chi connectivity index (χ0) is 50.7. The van der Waals surface area contributed by atoms with E-state index in [4.69, 9.17) is 26.3 Å². The molecule has 2 bridgehead atoms. The van der Waals surface area contributed by atoms with Crippen molar-refractivity contribution in [2.45, 2.75) is 127 Å². The topological polar surface area (TPSA) is 191 Å². The number of hydrogen-bond acceptors (Lipinski definition) is 14. The van der Waals surface area contributed by atoms with Crippen molar-refractivity contribution in [1.82, 2.24) is 45.3 Å². The molecule has 0 radical (unpaired) electrons. The number of piperidine rings is 1. The third kappa shape index (κ3) is 9.18. The normalized spacial score (nSPS) is 28.9. The molecular formula is C50H64F6N12O3S. The Hall–Kier alpha value is -4.77. The minimum Gasteiger partial charge on any atom is -0.462 e. The monoisotopic (exact) mass is 1030 g/mol. The molecule has 4 saturated heterocycles. The number of aromatic amines is 1. The lowest BCUT2D eigenvalue weighted by Gasteiger charge is -2.38. The molecule has 4 aromatic rings. The number of nitrogens with two attached hydrogens (primary N) is 2. The van der Waals surface area contributed by atoms with Crippen LogP contribution in [0.25, 0.3) is 32.0 Å².